The molecule has 0 saturated heterocycles. The summed E-state index contributed by atoms with van der Waals surface area (Å²) in [6, 6.07) is 3.60. The van der Waals surface area contributed by atoms with Crippen molar-refractivity contribution in [2.75, 3.05) is 11.9 Å². The van der Waals surface area contributed by atoms with Gasteiger partial charge in [-0.05, 0) is 31.5 Å². The van der Waals surface area contributed by atoms with Crippen LogP contribution in [0.5, 0.6) is 0 Å². The number of carbonyl (C=O) groups excluding carboxylic acids is 1. The maximum atomic E-state index is 12.0. The normalized spacial score (nSPS) is 10.6. The third-order valence-electron chi connectivity index (χ3n) is 3.68. The summed E-state index contributed by atoms with van der Waals surface area (Å²) < 4.78 is 2.01. The van der Waals surface area contributed by atoms with Gasteiger partial charge in [0.15, 0.2) is 5.13 Å². The molecule has 7 nitrogen and oxygen atoms in total. The van der Waals surface area contributed by atoms with Gasteiger partial charge in [0.1, 0.15) is 0 Å². The smallest absolute Gasteiger partial charge is 0.321 e. The number of pyridine rings is 1. The molecule has 0 spiro atoms. The van der Waals surface area contributed by atoms with Gasteiger partial charge >= 0.3 is 6.03 Å². The summed E-state index contributed by atoms with van der Waals surface area (Å²) in [5, 5.41) is 6.21. The van der Waals surface area contributed by atoms with Crippen molar-refractivity contribution >= 4 is 22.5 Å². The Morgan fingerprint density at radius 1 is 1.32 bits per heavy atom. The quantitative estimate of drug-likeness (QED) is 0.711. The zero-order valence-electron chi connectivity index (χ0n) is 14.2. The summed E-state index contributed by atoms with van der Waals surface area (Å²) in [5.74, 6) is 0. The van der Waals surface area contributed by atoms with Gasteiger partial charge in [-0.2, -0.15) is 0 Å². The van der Waals surface area contributed by atoms with E-state index in [1.807, 2.05) is 29.8 Å². The number of amides is 2. The van der Waals surface area contributed by atoms with Crippen LogP contribution in [-0.4, -0.2) is 32.1 Å². The van der Waals surface area contributed by atoms with E-state index in [-0.39, 0.29) is 6.03 Å². The van der Waals surface area contributed by atoms with E-state index in [1.165, 1.54) is 11.3 Å². The standard InChI is InChI=1S/C17H20N6OS/c1-3-23-10-14(20-11-23)6-9-19-16(24)22-17-21-12(2)15(25-17)13-4-7-18-8-5-13/h4-5,7-8,10-11H,3,6,9H2,1-2H3,(H2,19,21,22,24). The first-order valence-corrected chi connectivity index (χ1v) is 8.90. The van der Waals surface area contributed by atoms with Crippen LogP contribution < -0.4 is 10.6 Å². The Hall–Kier alpha value is -2.74. The Morgan fingerprint density at radius 2 is 2.12 bits per heavy atom. The number of thiazole rings is 1. The number of urea groups is 1. The van der Waals surface area contributed by atoms with E-state index in [0.29, 0.717) is 18.1 Å². The van der Waals surface area contributed by atoms with Crippen molar-refractivity contribution < 1.29 is 4.79 Å². The van der Waals surface area contributed by atoms with Gasteiger partial charge in [0, 0.05) is 38.1 Å². The number of rotatable bonds is 6. The lowest BCUT2D eigenvalue weighted by Gasteiger charge is -2.04. The number of imidazole rings is 1. The number of nitrogens with one attached hydrogen (secondary N) is 2. The van der Waals surface area contributed by atoms with Crippen LogP contribution in [-0.2, 0) is 13.0 Å². The first kappa shape index (κ1) is 17.1. The number of hydrogen-bond donors (Lipinski definition) is 2. The Morgan fingerprint density at radius 3 is 2.84 bits per heavy atom. The van der Waals surface area contributed by atoms with Crippen molar-refractivity contribution in [2.45, 2.75) is 26.8 Å². The van der Waals surface area contributed by atoms with Gasteiger partial charge in [-0.1, -0.05) is 11.3 Å². The average molecular weight is 356 g/mol. The third-order valence-corrected chi connectivity index (χ3v) is 4.80. The van der Waals surface area contributed by atoms with Gasteiger partial charge < -0.3 is 9.88 Å². The topological polar surface area (TPSA) is 84.7 Å². The Kier molecular flexibility index (Phi) is 5.39. The van der Waals surface area contributed by atoms with Gasteiger partial charge in [-0.15, -0.1) is 0 Å². The van der Waals surface area contributed by atoms with Crippen LogP contribution >= 0.6 is 11.3 Å². The molecule has 3 rings (SSSR count). The van der Waals surface area contributed by atoms with Crippen molar-refractivity contribution in [1.82, 2.24) is 24.8 Å². The summed E-state index contributed by atoms with van der Waals surface area (Å²) in [5.41, 5.74) is 2.90. The molecule has 0 bridgehead atoms. The van der Waals surface area contributed by atoms with Crippen LogP contribution in [0.3, 0.4) is 0 Å². The van der Waals surface area contributed by atoms with E-state index in [9.17, 15) is 4.79 Å². The predicted octanol–water partition coefficient (Wildman–Crippen LogP) is 3.09. The maximum Gasteiger partial charge on any atom is 0.321 e. The molecule has 3 aromatic rings. The molecule has 0 aromatic carbocycles. The van der Waals surface area contributed by atoms with Crippen LogP contribution in [0.4, 0.5) is 9.93 Å². The summed E-state index contributed by atoms with van der Waals surface area (Å²) in [6.07, 6.45) is 7.97. The first-order chi connectivity index (χ1) is 12.2. The second-order valence-corrected chi connectivity index (χ2v) is 6.49. The minimum Gasteiger partial charge on any atom is -0.337 e. The van der Waals surface area contributed by atoms with E-state index in [2.05, 4.69) is 32.5 Å². The molecule has 0 fully saturated rings. The number of anilines is 1. The molecule has 0 aliphatic rings. The van der Waals surface area contributed by atoms with Crippen LogP contribution in [0.2, 0.25) is 0 Å². The average Bonchev–Trinajstić information content (AvgIpc) is 3.22. The summed E-state index contributed by atoms with van der Waals surface area (Å²) in [4.78, 5) is 25.8. The van der Waals surface area contributed by atoms with Crippen molar-refractivity contribution in [3.63, 3.8) is 0 Å². The molecule has 8 heteroatoms. The van der Waals surface area contributed by atoms with Gasteiger partial charge in [0.05, 0.1) is 22.6 Å². The highest BCUT2D eigenvalue weighted by atomic mass is 32.1. The molecule has 0 atom stereocenters. The lowest BCUT2D eigenvalue weighted by atomic mass is 10.2. The molecule has 0 radical (unpaired) electrons. The molecule has 3 aromatic heterocycles. The molecule has 0 saturated carbocycles. The number of hydrogen-bond acceptors (Lipinski definition) is 5. The lowest BCUT2D eigenvalue weighted by Crippen LogP contribution is -2.30. The summed E-state index contributed by atoms with van der Waals surface area (Å²) >= 11 is 1.45. The van der Waals surface area contributed by atoms with Crippen LogP contribution in [0.15, 0.2) is 37.1 Å². The van der Waals surface area contributed by atoms with Crippen molar-refractivity contribution in [1.29, 1.82) is 0 Å². The molecule has 25 heavy (non-hydrogen) atoms. The van der Waals surface area contributed by atoms with Gasteiger partial charge in [0.25, 0.3) is 0 Å². The first-order valence-electron chi connectivity index (χ1n) is 8.09. The minimum atomic E-state index is -0.259. The second-order valence-electron chi connectivity index (χ2n) is 5.50. The van der Waals surface area contributed by atoms with E-state index in [4.69, 9.17) is 0 Å². The van der Waals surface area contributed by atoms with Crippen molar-refractivity contribution in [3.05, 3.63) is 48.4 Å². The maximum absolute atomic E-state index is 12.0. The number of aryl methyl sites for hydroxylation is 2. The zero-order valence-corrected chi connectivity index (χ0v) is 15.0. The highest BCUT2D eigenvalue weighted by Gasteiger charge is 2.11. The van der Waals surface area contributed by atoms with Crippen molar-refractivity contribution in [2.24, 2.45) is 0 Å². The molecule has 130 valence electrons. The highest BCUT2D eigenvalue weighted by molar-refractivity contribution is 7.19. The minimum absolute atomic E-state index is 0.259. The molecular formula is C17H20N6OS. The highest BCUT2D eigenvalue weighted by Crippen LogP contribution is 2.32. The number of aromatic nitrogens is 4. The SMILES string of the molecule is CCn1cnc(CCNC(=O)Nc2nc(C)c(-c3ccncc3)s2)c1. The summed E-state index contributed by atoms with van der Waals surface area (Å²) in [7, 11) is 0. The van der Waals surface area contributed by atoms with Gasteiger partial charge in [-0.25, -0.2) is 14.8 Å². The van der Waals surface area contributed by atoms with Crippen molar-refractivity contribution in [3.8, 4) is 10.4 Å². The zero-order chi connectivity index (χ0) is 17.6. The molecule has 0 unspecified atom stereocenters. The van der Waals surface area contributed by atoms with Gasteiger partial charge in [-0.3, -0.25) is 10.3 Å². The Labute approximate surface area is 150 Å². The fraction of sp³-hybridized carbons (Fsp3) is 0.294. The molecule has 3 heterocycles. The second kappa shape index (κ2) is 7.89. The number of carbonyl (C=O) groups is 1. The number of nitrogens with zero attached hydrogens (tertiary/aromatic N) is 4. The van der Waals surface area contributed by atoms with E-state index < -0.39 is 0 Å². The van der Waals surface area contributed by atoms with E-state index in [1.54, 1.807) is 18.7 Å². The van der Waals surface area contributed by atoms with Crippen LogP contribution in [0, 0.1) is 6.92 Å². The largest absolute Gasteiger partial charge is 0.337 e. The lowest BCUT2D eigenvalue weighted by molar-refractivity contribution is 0.252. The van der Waals surface area contributed by atoms with E-state index in [0.717, 1.165) is 28.4 Å². The fourth-order valence-corrected chi connectivity index (χ4v) is 3.34. The van der Waals surface area contributed by atoms with Crippen LogP contribution in [0.25, 0.3) is 10.4 Å². The summed E-state index contributed by atoms with van der Waals surface area (Å²) in [6.45, 7) is 5.41. The molecule has 2 N–H and O–H groups in total. The van der Waals surface area contributed by atoms with Crippen LogP contribution in [0.1, 0.15) is 18.3 Å². The molecule has 0 aliphatic heterocycles. The predicted molar refractivity (Wildman–Crippen MR) is 98.7 cm³/mol. The molecule has 0 aliphatic carbocycles. The monoisotopic (exact) mass is 356 g/mol. The van der Waals surface area contributed by atoms with Gasteiger partial charge in [0.2, 0.25) is 0 Å². The molecular weight excluding hydrogens is 336 g/mol. The fourth-order valence-electron chi connectivity index (χ4n) is 2.37. The van der Waals surface area contributed by atoms with E-state index >= 15 is 0 Å². The Bertz CT molecular complexity index is 842. The molecule has 2 amide bonds. The Balaban J connectivity index is 1.53. The third kappa shape index (κ3) is 4.42.